The number of fused-ring (bicyclic) bond motifs is 18. The summed E-state index contributed by atoms with van der Waals surface area (Å²) in [7, 11) is 0. The summed E-state index contributed by atoms with van der Waals surface area (Å²) in [5, 5.41) is 4.36. The SMILES string of the molecule is c1ccc(N(c2ccccc2)c2cc3c4c(c2)N(c2ccccc2)c2cc5c6c(c2B4c2c(cc4c7c2Oc2ccccc2B7c2c(cc(N(c7ccccc7)c7ccccc7)c7ccccc27)O4)N3c2ccccc2)Oc2ccccc2B6c2c(cc(N(c3ccccc3)c3ccccc3)c3ccccc23)O5)cc1. The number of hydrogen-bond acceptors (Lipinski definition) is 9. The zero-order chi connectivity index (χ0) is 72.1. The highest BCUT2D eigenvalue weighted by Gasteiger charge is 2.54. The van der Waals surface area contributed by atoms with Crippen LogP contribution in [0.3, 0.4) is 0 Å². The molecule has 0 unspecified atom stereocenters. The van der Waals surface area contributed by atoms with Gasteiger partial charge in [0.25, 0.3) is 20.1 Å². The molecule has 0 atom stereocenters. The highest BCUT2D eigenvalue weighted by molar-refractivity contribution is 7.05. The number of benzene rings is 17. The van der Waals surface area contributed by atoms with Gasteiger partial charge in [0.1, 0.15) is 46.0 Å². The van der Waals surface area contributed by atoms with Gasteiger partial charge in [-0.1, -0.05) is 231 Å². The predicted octanol–water partition coefficient (Wildman–Crippen LogP) is 19.9. The first-order valence-electron chi connectivity index (χ1n) is 37.6. The Hall–Kier alpha value is -14.3. The second-order valence-electron chi connectivity index (χ2n) is 28.8. The molecular formula is C98H62B3N5O4. The molecule has 0 N–H and O–H groups in total. The summed E-state index contributed by atoms with van der Waals surface area (Å²) < 4.78 is 31.8. The molecule has 0 aliphatic carbocycles. The van der Waals surface area contributed by atoms with Crippen LogP contribution in [0.4, 0.5) is 85.3 Å². The van der Waals surface area contributed by atoms with Gasteiger partial charge in [0, 0.05) is 114 Å². The van der Waals surface area contributed by atoms with Gasteiger partial charge < -0.3 is 43.4 Å². The second kappa shape index (κ2) is 24.6. The van der Waals surface area contributed by atoms with Crippen LogP contribution in [-0.4, -0.2) is 20.1 Å². The molecule has 9 nitrogen and oxygen atoms in total. The van der Waals surface area contributed by atoms with Crippen LogP contribution in [0.2, 0.25) is 0 Å². The van der Waals surface area contributed by atoms with E-state index in [0.717, 1.165) is 191 Å². The number of ether oxygens (including phenoxy) is 4. The van der Waals surface area contributed by atoms with Crippen LogP contribution in [-0.2, 0) is 0 Å². The second-order valence-corrected chi connectivity index (χ2v) is 28.8. The smallest absolute Gasteiger partial charge is 0.261 e. The van der Waals surface area contributed by atoms with E-state index in [0.29, 0.717) is 11.5 Å². The summed E-state index contributed by atoms with van der Waals surface area (Å²) in [6, 6.07) is 135. The Labute approximate surface area is 637 Å². The molecule has 17 aromatic carbocycles. The number of rotatable bonds is 11. The van der Waals surface area contributed by atoms with Gasteiger partial charge in [0.05, 0.1) is 17.1 Å². The van der Waals surface area contributed by atoms with E-state index in [1.165, 1.54) is 0 Å². The summed E-state index contributed by atoms with van der Waals surface area (Å²) in [6.45, 7) is -1.27. The molecule has 0 radical (unpaired) electrons. The molecule has 6 heterocycles. The molecule has 6 aliphatic heterocycles. The van der Waals surface area contributed by atoms with Crippen LogP contribution in [0.15, 0.2) is 376 Å². The van der Waals surface area contributed by atoms with Crippen molar-refractivity contribution in [1.29, 1.82) is 0 Å². The first-order chi connectivity index (χ1) is 54.6. The fraction of sp³-hybridized carbons (Fsp3) is 0. The minimum atomic E-state index is -0.574. The van der Waals surface area contributed by atoms with Gasteiger partial charge in [-0.2, -0.15) is 0 Å². The maximum Gasteiger partial charge on any atom is 0.261 e. The quantitative estimate of drug-likeness (QED) is 0.118. The minimum absolute atomic E-state index is 0.348. The Morgan fingerprint density at radius 2 is 0.491 bits per heavy atom. The molecule has 0 bridgehead atoms. The van der Waals surface area contributed by atoms with Crippen LogP contribution in [0.25, 0.3) is 21.5 Å². The van der Waals surface area contributed by atoms with E-state index in [-0.39, 0.29) is 13.4 Å². The summed E-state index contributed by atoms with van der Waals surface area (Å²) in [4.78, 5) is 12.1. The molecule has 0 spiro atoms. The van der Waals surface area contributed by atoms with Crippen molar-refractivity contribution in [3.8, 4) is 46.0 Å². The summed E-state index contributed by atoms with van der Waals surface area (Å²) in [5.41, 5.74) is 24.1. The maximum atomic E-state index is 7.99. The van der Waals surface area contributed by atoms with Crippen LogP contribution in [0.5, 0.6) is 46.0 Å². The number of para-hydroxylation sites is 10. The Balaban J connectivity index is 0.842. The topological polar surface area (TPSA) is 53.1 Å². The third-order valence-corrected chi connectivity index (χ3v) is 22.9. The average molecular weight is 1410 g/mol. The first kappa shape index (κ1) is 61.9. The van der Waals surface area contributed by atoms with E-state index in [9.17, 15) is 0 Å². The van der Waals surface area contributed by atoms with Crippen LogP contribution < -0.4 is 92.6 Å². The summed E-state index contributed by atoms with van der Waals surface area (Å²) >= 11 is 0. The lowest BCUT2D eigenvalue weighted by Crippen LogP contribution is -2.66. The van der Waals surface area contributed by atoms with Crippen molar-refractivity contribution >= 4 is 176 Å². The fourth-order valence-electron chi connectivity index (χ4n) is 18.6. The summed E-state index contributed by atoms with van der Waals surface area (Å²) in [5.74, 6) is 6.01. The molecule has 6 aliphatic rings. The molecule has 0 fully saturated rings. The Bertz CT molecular complexity index is 6120. The normalized spacial score (nSPS) is 13.1. The van der Waals surface area contributed by atoms with Crippen molar-refractivity contribution in [3.05, 3.63) is 376 Å². The van der Waals surface area contributed by atoms with Crippen molar-refractivity contribution in [3.63, 3.8) is 0 Å². The molecule has 12 heteroatoms. The first-order valence-corrected chi connectivity index (χ1v) is 37.6. The Morgan fingerprint density at radius 1 is 0.200 bits per heavy atom. The van der Waals surface area contributed by atoms with E-state index in [1.807, 2.05) is 0 Å². The molecule has 110 heavy (non-hydrogen) atoms. The highest BCUT2D eigenvalue weighted by Crippen LogP contribution is 2.55. The van der Waals surface area contributed by atoms with Crippen molar-refractivity contribution in [1.82, 2.24) is 0 Å². The van der Waals surface area contributed by atoms with Crippen molar-refractivity contribution < 1.29 is 18.9 Å². The van der Waals surface area contributed by atoms with Crippen LogP contribution >= 0.6 is 0 Å². The largest absolute Gasteiger partial charge is 0.459 e. The van der Waals surface area contributed by atoms with Crippen molar-refractivity contribution in [2.75, 3.05) is 24.5 Å². The van der Waals surface area contributed by atoms with E-state index in [2.05, 4.69) is 401 Å². The van der Waals surface area contributed by atoms with Crippen molar-refractivity contribution in [2.45, 2.75) is 0 Å². The van der Waals surface area contributed by atoms with Gasteiger partial charge in [-0.3, -0.25) is 0 Å². The van der Waals surface area contributed by atoms with Gasteiger partial charge in [-0.05, 0) is 170 Å². The minimum Gasteiger partial charge on any atom is -0.459 e. The van der Waals surface area contributed by atoms with E-state index < -0.39 is 6.71 Å². The molecule has 0 saturated carbocycles. The van der Waals surface area contributed by atoms with Gasteiger partial charge in [-0.25, -0.2) is 0 Å². The van der Waals surface area contributed by atoms with Crippen molar-refractivity contribution in [2.24, 2.45) is 0 Å². The monoisotopic (exact) mass is 1410 g/mol. The van der Waals surface area contributed by atoms with Gasteiger partial charge in [-0.15, -0.1) is 0 Å². The Kier molecular flexibility index (Phi) is 13.9. The maximum absolute atomic E-state index is 7.99. The molecular weight excluding hydrogens is 1340 g/mol. The molecule has 23 rings (SSSR count). The molecule has 0 saturated heterocycles. The third kappa shape index (κ3) is 9.32. The summed E-state index contributed by atoms with van der Waals surface area (Å²) in [6.07, 6.45) is 0. The Morgan fingerprint density at radius 3 is 0.855 bits per heavy atom. The van der Waals surface area contributed by atoms with Gasteiger partial charge in [0.15, 0.2) is 0 Å². The predicted molar refractivity (Wildman–Crippen MR) is 455 cm³/mol. The van der Waals surface area contributed by atoms with Gasteiger partial charge in [0.2, 0.25) is 0 Å². The lowest BCUT2D eigenvalue weighted by atomic mass is 9.28. The fourth-order valence-corrected chi connectivity index (χ4v) is 18.6. The molecule has 512 valence electrons. The number of nitrogens with zero attached hydrogens (tertiary/aromatic N) is 5. The molecule has 0 aromatic heterocycles. The van der Waals surface area contributed by atoms with Gasteiger partial charge >= 0.3 is 0 Å². The number of hydrogen-bond donors (Lipinski definition) is 0. The van der Waals surface area contributed by atoms with Crippen LogP contribution in [0, 0.1) is 0 Å². The van der Waals surface area contributed by atoms with E-state index >= 15 is 0 Å². The van der Waals surface area contributed by atoms with Crippen LogP contribution in [0.1, 0.15) is 0 Å². The number of anilines is 15. The zero-order valence-electron chi connectivity index (χ0n) is 59.4. The molecule has 0 amide bonds. The zero-order valence-corrected chi connectivity index (χ0v) is 59.4. The lowest BCUT2D eigenvalue weighted by Gasteiger charge is -2.48. The molecule has 17 aromatic rings. The average Bonchev–Trinajstić information content (AvgIpc) is 0.669. The third-order valence-electron chi connectivity index (χ3n) is 22.9. The lowest BCUT2D eigenvalue weighted by molar-refractivity contribution is 0.467. The van der Waals surface area contributed by atoms with E-state index in [4.69, 9.17) is 18.9 Å². The van der Waals surface area contributed by atoms with E-state index in [1.54, 1.807) is 0 Å². The standard InChI is InChI=1S/C98H62B3N5O4/c1-9-33-63(34-10-1)102(64-35-11-2-12-36-64)71-57-80-92-81(58-71)106(70-47-23-8-24-48-70)83-62-89-96-98(110-85-56-32-30-54-77(85)100(96)91-75-52-28-26-50-73(75)79(60-87(91)108-89)104(67-41-17-5-18-42-67)68-43-19-6-20-44-68)94(83)101(92)93-82(105(80)69-45-21-7-22-46-69)61-88-95-97(93)109-84-55-31-29-53-76(84)99(95)90-74-51-27-25-49-72(74)78(59-86(90)107-88)103(65-37-13-3-14-38-65)66-39-15-4-16-40-66/h1-62H. The highest BCUT2D eigenvalue weighted by atomic mass is 16.5.